The molecule has 0 bridgehead atoms. The van der Waals surface area contributed by atoms with Gasteiger partial charge in [-0.1, -0.05) is 34.1 Å². The molecule has 0 aromatic rings. The van der Waals surface area contributed by atoms with Crippen molar-refractivity contribution in [2.45, 2.75) is 72.6 Å². The van der Waals surface area contributed by atoms with Crippen LogP contribution in [0.25, 0.3) is 0 Å². The molecule has 188 valence electrons. The zero-order chi connectivity index (χ0) is 22.8. The van der Waals surface area contributed by atoms with Crippen LogP contribution in [0.15, 0.2) is 0 Å². The Bertz CT molecular complexity index is 660. The molecule has 0 aromatic carbocycles. The molecule has 2 rings (SSSR count). The second kappa shape index (κ2) is 16.6. The molecule has 31 heavy (non-hydrogen) atoms. The molecule has 2 aliphatic carbocycles. The van der Waals surface area contributed by atoms with Gasteiger partial charge in [0.15, 0.2) is 5.78 Å². The van der Waals surface area contributed by atoms with E-state index in [0.29, 0.717) is 0 Å². The van der Waals surface area contributed by atoms with Gasteiger partial charge in [0.05, 0.1) is 15.9 Å². The molecular weight excluding hydrogens is 547 g/mol. The number of rotatable bonds is 3. The molecule has 0 unspecified atom stereocenters. The molecule has 0 aromatic heterocycles. The Morgan fingerprint density at radius 2 is 1.13 bits per heavy atom. The van der Waals surface area contributed by atoms with E-state index in [1.165, 1.54) is 5.37 Å². The summed E-state index contributed by atoms with van der Waals surface area (Å²) in [5.74, 6) is 1.10. The highest BCUT2D eigenvalue weighted by Crippen LogP contribution is 2.29. The van der Waals surface area contributed by atoms with E-state index in [-0.39, 0.29) is 49.0 Å². The molecule has 2 saturated carbocycles. The normalized spacial score (nSPS) is 25.6. The Kier molecular flexibility index (Phi) is 19.1. The summed E-state index contributed by atoms with van der Waals surface area (Å²) in [7, 11) is -3.43. The van der Waals surface area contributed by atoms with E-state index in [1.807, 2.05) is 0 Å². The fourth-order valence-electron chi connectivity index (χ4n) is 3.43. The predicted octanol–water partition coefficient (Wildman–Crippen LogP) is 1.64. The van der Waals surface area contributed by atoms with Gasteiger partial charge in [-0.2, -0.15) is 0 Å². The molecule has 0 amide bonds. The van der Waals surface area contributed by atoms with Crippen LogP contribution in [0.3, 0.4) is 0 Å². The minimum atomic E-state index is -2.01. The first-order valence-electron chi connectivity index (χ1n) is 10.5. The van der Waals surface area contributed by atoms with Crippen molar-refractivity contribution < 1.29 is 47.1 Å². The number of hydrogen-bond donors (Lipinski definition) is 1. The first kappa shape index (κ1) is 35.6. The molecular formula is C23H47IO5S2. The van der Waals surface area contributed by atoms with E-state index in [0.717, 1.165) is 63.2 Å². The van der Waals surface area contributed by atoms with Crippen LogP contribution in [0.5, 0.6) is 0 Å². The van der Waals surface area contributed by atoms with Crippen LogP contribution in [0, 0.1) is 23.7 Å². The Balaban J connectivity index is -0.000000407. The summed E-state index contributed by atoms with van der Waals surface area (Å²) >= 11 is 0. The fourth-order valence-corrected chi connectivity index (χ4v) is 4.18. The number of carbonyl (C=O) groups is 2. The summed E-state index contributed by atoms with van der Waals surface area (Å²) in [6, 6.07) is 0. The number of halogens is 1. The lowest BCUT2D eigenvalue weighted by molar-refractivity contribution is -0.143. The molecule has 0 atom stereocenters. The first-order chi connectivity index (χ1) is 13.1. The van der Waals surface area contributed by atoms with Gasteiger partial charge in [-0.3, -0.25) is 13.8 Å². The van der Waals surface area contributed by atoms with E-state index in [1.54, 1.807) is 31.3 Å². The van der Waals surface area contributed by atoms with Crippen molar-refractivity contribution in [3.8, 4) is 0 Å². The second-order valence-electron chi connectivity index (χ2n) is 9.81. The predicted molar refractivity (Wildman–Crippen MR) is 133 cm³/mol. The molecule has 0 aliphatic heterocycles. The van der Waals surface area contributed by atoms with Crippen LogP contribution in [0.4, 0.5) is 0 Å². The highest BCUT2D eigenvalue weighted by molar-refractivity contribution is 8.01. The maximum absolute atomic E-state index is 11.7. The summed E-state index contributed by atoms with van der Waals surface area (Å²) < 4.78 is 21.6. The van der Waals surface area contributed by atoms with Crippen molar-refractivity contribution in [3.63, 3.8) is 0 Å². The molecule has 1 N–H and O–H groups in total. The van der Waals surface area contributed by atoms with Crippen molar-refractivity contribution >= 4 is 36.6 Å². The smallest absolute Gasteiger partial charge is 0.306 e. The average molecular weight is 595 g/mol. The van der Waals surface area contributed by atoms with Gasteiger partial charge in [0.1, 0.15) is 18.8 Å². The van der Waals surface area contributed by atoms with Crippen molar-refractivity contribution in [1.82, 2.24) is 0 Å². The molecule has 2 fully saturated rings. The number of carbonyl (C=O) groups excluding carboxylic acids is 1. The fraction of sp³-hybridized carbons (Fsp3) is 0.870. The quantitative estimate of drug-likeness (QED) is 0.305. The molecule has 0 saturated heterocycles. The Morgan fingerprint density at radius 1 is 0.839 bits per heavy atom. The van der Waals surface area contributed by atoms with Crippen molar-refractivity contribution in [2.24, 2.45) is 23.7 Å². The minimum Gasteiger partial charge on any atom is -1.00 e. The summed E-state index contributed by atoms with van der Waals surface area (Å²) in [5, 5.41) is 10.1. The number of ketones is 1. The zero-order valence-electron chi connectivity index (χ0n) is 19.8. The molecule has 8 heteroatoms. The maximum Gasteiger partial charge on any atom is 0.306 e. The number of carboxylic acid groups (broad SMARTS) is 1. The second-order valence-corrected chi connectivity index (χ2v) is 16.1. The topological polar surface area (TPSA) is 88.5 Å². The summed E-state index contributed by atoms with van der Waals surface area (Å²) in [4.78, 5) is 22.1. The van der Waals surface area contributed by atoms with Crippen molar-refractivity contribution in [3.05, 3.63) is 0 Å². The van der Waals surface area contributed by atoms with E-state index in [9.17, 15) is 18.0 Å². The monoisotopic (exact) mass is 594 g/mol. The SMILES string of the molecule is C.CC1CCC(C(=O)C=S(C)(C)=O)CC1.CC1CCC(C(=O)O)CC1.C[S+](C)(C)=O.[I-]. The average Bonchev–Trinajstić information content (AvgIpc) is 2.53. The van der Waals surface area contributed by atoms with Gasteiger partial charge in [0, 0.05) is 23.8 Å². The summed E-state index contributed by atoms with van der Waals surface area (Å²) in [5.41, 5.74) is 0. The third-order valence-electron chi connectivity index (χ3n) is 5.18. The molecule has 2 aliphatic rings. The standard InChI is InChI=1S/C11H20O2S.C8H14O2.C3H9OS.CH4.HI/c1-9-4-6-10(7-5-9)11(12)8-14(2,3)13;1-6-2-4-7(5-3-6)8(9)10;1-5(2,3)4;;/h8-10H,4-7H2,1-3H3;6-7H,2-5H2,1H3,(H,9,10);1-3H3;1H4;1H/q;;+1;;/p-1. The van der Waals surface area contributed by atoms with Crippen molar-refractivity contribution in [2.75, 3.05) is 31.3 Å². The van der Waals surface area contributed by atoms with Gasteiger partial charge in [-0.25, -0.2) is 0 Å². The van der Waals surface area contributed by atoms with Gasteiger partial charge >= 0.3 is 5.97 Å². The number of carboxylic acids is 1. The lowest BCUT2D eigenvalue weighted by Crippen LogP contribution is -3.00. The highest BCUT2D eigenvalue weighted by Gasteiger charge is 2.24. The van der Waals surface area contributed by atoms with Gasteiger partial charge in [-0.15, -0.1) is 4.21 Å². The lowest BCUT2D eigenvalue weighted by Gasteiger charge is -2.24. The summed E-state index contributed by atoms with van der Waals surface area (Å²) in [6.07, 6.45) is 16.6. The van der Waals surface area contributed by atoms with Crippen LogP contribution in [0.2, 0.25) is 0 Å². The van der Waals surface area contributed by atoms with E-state index in [2.05, 4.69) is 13.8 Å². The molecule has 5 nitrogen and oxygen atoms in total. The largest absolute Gasteiger partial charge is 1.00 e. The van der Waals surface area contributed by atoms with Crippen LogP contribution < -0.4 is 24.0 Å². The zero-order valence-corrected chi connectivity index (χ0v) is 23.6. The number of hydrogen-bond acceptors (Lipinski definition) is 4. The van der Waals surface area contributed by atoms with E-state index < -0.39 is 25.4 Å². The summed E-state index contributed by atoms with van der Waals surface area (Å²) in [6.45, 7) is 4.42. The number of aliphatic carboxylic acids is 1. The molecule has 0 radical (unpaired) electrons. The lowest BCUT2D eigenvalue weighted by atomic mass is 9.81. The maximum atomic E-state index is 11.7. The van der Waals surface area contributed by atoms with Crippen LogP contribution >= 0.6 is 0 Å². The van der Waals surface area contributed by atoms with Gasteiger partial charge in [-0.05, 0) is 59.9 Å². The third kappa shape index (κ3) is 21.6. The van der Waals surface area contributed by atoms with Crippen LogP contribution in [-0.4, -0.2) is 57.7 Å². The van der Waals surface area contributed by atoms with Gasteiger partial charge < -0.3 is 29.1 Å². The van der Waals surface area contributed by atoms with Crippen molar-refractivity contribution in [1.29, 1.82) is 0 Å². The Labute approximate surface area is 210 Å². The highest BCUT2D eigenvalue weighted by atomic mass is 127. The van der Waals surface area contributed by atoms with Crippen LogP contribution in [0.1, 0.15) is 72.6 Å². The van der Waals surface area contributed by atoms with E-state index >= 15 is 0 Å². The molecule has 0 spiro atoms. The van der Waals surface area contributed by atoms with E-state index in [4.69, 9.17) is 5.11 Å². The van der Waals surface area contributed by atoms with Gasteiger partial charge in [0.2, 0.25) is 0 Å². The minimum absolute atomic E-state index is 0. The third-order valence-corrected chi connectivity index (χ3v) is 5.98. The first-order valence-corrected chi connectivity index (χ1v) is 15.7. The Hall–Kier alpha value is 0.0400. The number of Topliss-reactive ketones (excluding diaryl/α,β-unsaturated/α-hetero) is 1. The van der Waals surface area contributed by atoms with Crippen LogP contribution in [-0.2, 0) is 33.3 Å². The van der Waals surface area contributed by atoms with Gasteiger partial charge in [0.25, 0.3) is 0 Å². The Morgan fingerprint density at radius 3 is 1.39 bits per heavy atom. The molecule has 0 heterocycles.